The van der Waals surface area contributed by atoms with E-state index in [1.165, 1.54) is 6.21 Å². The standard InChI is InChI=1S/C27H29N9O2/c1-17(36-11-3-2-10-25(36)26(37)38)21-9-5-8-20(32-21)15-31-16-24(35-30)23-13-22(33-27(29)34-23)19-7-4-6-18(12-19)14-28/h4-9,12-13,16-17,25H,2-3,10-11,15,30H2,1H3,(H,37,38)(H2,29,33,34)/b31-16?,35-24+/t17-,25-/m0/s1. The van der Waals surface area contributed by atoms with Crippen LogP contribution in [-0.2, 0) is 11.3 Å². The van der Waals surface area contributed by atoms with Crippen molar-refractivity contribution in [2.45, 2.75) is 44.8 Å². The molecule has 2 aromatic heterocycles. The quantitative estimate of drug-likeness (QED) is 0.233. The minimum atomic E-state index is -0.794. The van der Waals surface area contributed by atoms with Gasteiger partial charge in [0.2, 0.25) is 5.95 Å². The van der Waals surface area contributed by atoms with E-state index in [0.29, 0.717) is 34.6 Å². The molecule has 38 heavy (non-hydrogen) atoms. The first kappa shape index (κ1) is 26.4. The summed E-state index contributed by atoms with van der Waals surface area (Å²) in [5.74, 6) is 4.88. The largest absolute Gasteiger partial charge is 0.480 e. The zero-order valence-electron chi connectivity index (χ0n) is 21.0. The van der Waals surface area contributed by atoms with Gasteiger partial charge in [-0.05, 0) is 56.6 Å². The number of likely N-dealkylation sites (tertiary alicyclic amines) is 1. The van der Waals surface area contributed by atoms with Crippen molar-refractivity contribution in [1.82, 2.24) is 19.9 Å². The van der Waals surface area contributed by atoms with Gasteiger partial charge in [-0.25, -0.2) is 9.97 Å². The number of hydrogen-bond donors (Lipinski definition) is 3. The molecule has 2 atom stereocenters. The highest BCUT2D eigenvalue weighted by Gasteiger charge is 2.32. The number of nitrogens with zero attached hydrogens (tertiary/aromatic N) is 7. The molecule has 1 fully saturated rings. The number of carbonyl (C=O) groups is 1. The van der Waals surface area contributed by atoms with Gasteiger partial charge in [-0.15, -0.1) is 0 Å². The lowest BCUT2D eigenvalue weighted by Gasteiger charge is -2.37. The smallest absolute Gasteiger partial charge is 0.320 e. The SMILES string of the molecule is C[C@@H](c1cccc(CN=C/C(=N\N)c2cc(-c3cccc(C#N)c3)nc(N)n2)n1)N1CCCC[C@H]1C(=O)O. The Kier molecular flexibility index (Phi) is 8.35. The van der Waals surface area contributed by atoms with Gasteiger partial charge in [0.25, 0.3) is 0 Å². The predicted molar refractivity (Wildman–Crippen MR) is 144 cm³/mol. The van der Waals surface area contributed by atoms with Gasteiger partial charge in [0, 0.05) is 5.56 Å². The Labute approximate surface area is 220 Å². The predicted octanol–water partition coefficient (Wildman–Crippen LogP) is 2.93. The molecule has 1 aliphatic heterocycles. The molecule has 11 nitrogen and oxygen atoms in total. The number of pyridine rings is 1. The summed E-state index contributed by atoms with van der Waals surface area (Å²) in [5, 5.41) is 22.6. The fourth-order valence-electron chi connectivity index (χ4n) is 4.56. The number of rotatable bonds is 8. The third kappa shape index (κ3) is 6.16. The Morgan fingerprint density at radius 3 is 2.82 bits per heavy atom. The number of hydrogen-bond acceptors (Lipinski definition) is 10. The number of nitrogen functional groups attached to an aromatic ring is 1. The highest BCUT2D eigenvalue weighted by Crippen LogP contribution is 2.28. The minimum Gasteiger partial charge on any atom is -0.480 e. The molecule has 3 heterocycles. The van der Waals surface area contributed by atoms with Crippen LogP contribution in [0.3, 0.4) is 0 Å². The van der Waals surface area contributed by atoms with E-state index in [9.17, 15) is 15.2 Å². The van der Waals surface area contributed by atoms with Crippen LogP contribution in [0.15, 0.2) is 58.6 Å². The van der Waals surface area contributed by atoms with E-state index in [0.717, 1.165) is 30.8 Å². The number of hydrazone groups is 1. The molecule has 194 valence electrons. The van der Waals surface area contributed by atoms with E-state index >= 15 is 0 Å². The number of benzene rings is 1. The monoisotopic (exact) mass is 511 g/mol. The van der Waals surface area contributed by atoms with Crippen LogP contribution in [0.5, 0.6) is 0 Å². The number of carboxylic acid groups (broad SMARTS) is 1. The average Bonchev–Trinajstić information content (AvgIpc) is 2.94. The van der Waals surface area contributed by atoms with Gasteiger partial charge >= 0.3 is 5.97 Å². The maximum Gasteiger partial charge on any atom is 0.320 e. The van der Waals surface area contributed by atoms with Gasteiger partial charge in [0.05, 0.1) is 53.2 Å². The van der Waals surface area contributed by atoms with E-state index in [1.807, 2.05) is 36.1 Å². The van der Waals surface area contributed by atoms with Crippen LogP contribution in [0.25, 0.3) is 11.3 Å². The Hall–Kier alpha value is -4.69. The molecule has 0 spiro atoms. The van der Waals surface area contributed by atoms with E-state index in [-0.39, 0.29) is 18.5 Å². The average molecular weight is 512 g/mol. The first-order chi connectivity index (χ1) is 18.4. The normalized spacial score (nSPS) is 17.3. The van der Waals surface area contributed by atoms with Crippen LogP contribution in [-0.4, -0.2) is 55.4 Å². The lowest BCUT2D eigenvalue weighted by atomic mass is 9.99. The van der Waals surface area contributed by atoms with Crippen LogP contribution in [0.4, 0.5) is 5.95 Å². The molecule has 11 heteroatoms. The topological polar surface area (TPSA) is 180 Å². The van der Waals surface area contributed by atoms with Crippen molar-refractivity contribution in [2.75, 3.05) is 12.3 Å². The van der Waals surface area contributed by atoms with Gasteiger partial charge in [0.15, 0.2) is 0 Å². The third-order valence-electron chi connectivity index (χ3n) is 6.48. The van der Waals surface area contributed by atoms with Crippen LogP contribution < -0.4 is 11.6 Å². The number of piperidine rings is 1. The molecular weight excluding hydrogens is 482 g/mol. The molecule has 0 unspecified atom stereocenters. The van der Waals surface area contributed by atoms with Crippen LogP contribution in [0, 0.1) is 11.3 Å². The van der Waals surface area contributed by atoms with Gasteiger partial charge in [-0.2, -0.15) is 10.4 Å². The second-order valence-corrected chi connectivity index (χ2v) is 8.99. The molecule has 0 radical (unpaired) electrons. The zero-order chi connectivity index (χ0) is 27.1. The van der Waals surface area contributed by atoms with Crippen molar-refractivity contribution in [3.8, 4) is 17.3 Å². The summed E-state index contributed by atoms with van der Waals surface area (Å²) in [6.07, 6.45) is 4.03. The first-order valence-electron chi connectivity index (χ1n) is 12.3. The molecule has 4 rings (SSSR count). The van der Waals surface area contributed by atoms with Crippen molar-refractivity contribution < 1.29 is 9.90 Å². The number of aromatic nitrogens is 3. The fourth-order valence-corrected chi connectivity index (χ4v) is 4.56. The van der Waals surface area contributed by atoms with Crippen molar-refractivity contribution in [3.63, 3.8) is 0 Å². The van der Waals surface area contributed by atoms with Gasteiger partial charge in [-0.3, -0.25) is 19.7 Å². The number of carboxylic acids is 1. The summed E-state index contributed by atoms with van der Waals surface area (Å²) in [5.41, 5.74) is 9.89. The minimum absolute atomic E-state index is 0.0372. The lowest BCUT2D eigenvalue weighted by molar-refractivity contribution is -0.145. The molecule has 1 aliphatic rings. The molecule has 1 saturated heterocycles. The summed E-state index contributed by atoms with van der Waals surface area (Å²) in [6.45, 7) is 2.97. The first-order valence-corrected chi connectivity index (χ1v) is 12.3. The summed E-state index contributed by atoms with van der Waals surface area (Å²) in [4.78, 5) is 31.4. The lowest BCUT2D eigenvalue weighted by Crippen LogP contribution is -2.46. The van der Waals surface area contributed by atoms with E-state index in [4.69, 9.17) is 16.6 Å². The maximum atomic E-state index is 11.7. The molecule has 0 aliphatic carbocycles. The number of aliphatic carboxylic acids is 1. The molecular formula is C27H29N9O2. The summed E-state index contributed by atoms with van der Waals surface area (Å²) >= 11 is 0. The van der Waals surface area contributed by atoms with Crippen molar-refractivity contribution >= 4 is 23.8 Å². The van der Waals surface area contributed by atoms with Gasteiger partial charge < -0.3 is 16.7 Å². The van der Waals surface area contributed by atoms with Crippen LogP contribution in [0.1, 0.15) is 54.9 Å². The van der Waals surface area contributed by atoms with Crippen LogP contribution in [0.2, 0.25) is 0 Å². The number of nitriles is 1. The second-order valence-electron chi connectivity index (χ2n) is 8.99. The van der Waals surface area contributed by atoms with Crippen molar-refractivity contribution in [2.24, 2.45) is 15.9 Å². The van der Waals surface area contributed by atoms with Crippen molar-refractivity contribution in [1.29, 1.82) is 5.26 Å². The Morgan fingerprint density at radius 1 is 1.24 bits per heavy atom. The summed E-state index contributed by atoms with van der Waals surface area (Å²) in [6, 6.07) is 15.8. The second kappa shape index (κ2) is 12.0. The van der Waals surface area contributed by atoms with E-state index in [1.54, 1.807) is 24.3 Å². The highest BCUT2D eigenvalue weighted by atomic mass is 16.4. The van der Waals surface area contributed by atoms with Gasteiger partial charge in [0.1, 0.15) is 11.8 Å². The third-order valence-corrected chi connectivity index (χ3v) is 6.48. The fraction of sp³-hybridized carbons (Fsp3) is 0.296. The molecule has 0 bridgehead atoms. The van der Waals surface area contributed by atoms with Crippen molar-refractivity contribution in [3.05, 3.63) is 71.2 Å². The molecule has 0 amide bonds. The Morgan fingerprint density at radius 2 is 2.05 bits per heavy atom. The van der Waals surface area contributed by atoms with Crippen LogP contribution >= 0.6 is 0 Å². The Bertz CT molecular complexity index is 1410. The van der Waals surface area contributed by atoms with Gasteiger partial charge in [-0.1, -0.05) is 24.6 Å². The highest BCUT2D eigenvalue weighted by molar-refractivity contribution is 6.37. The number of nitrogens with two attached hydrogens (primary N) is 2. The molecule has 3 aromatic rings. The number of aliphatic imine (C=N–C) groups is 1. The van der Waals surface area contributed by atoms with E-state index in [2.05, 4.69) is 26.1 Å². The molecule has 1 aromatic carbocycles. The number of anilines is 1. The Balaban J connectivity index is 1.50. The molecule has 0 saturated carbocycles. The summed E-state index contributed by atoms with van der Waals surface area (Å²) in [7, 11) is 0. The summed E-state index contributed by atoms with van der Waals surface area (Å²) < 4.78 is 0. The maximum absolute atomic E-state index is 11.7. The van der Waals surface area contributed by atoms with E-state index < -0.39 is 12.0 Å². The zero-order valence-corrected chi connectivity index (χ0v) is 21.0. The molecule has 5 N–H and O–H groups in total.